The molecule has 4 N–H and O–H groups in total. The fourth-order valence-corrected chi connectivity index (χ4v) is 1.26. The van der Waals surface area contributed by atoms with Crippen molar-refractivity contribution >= 4 is 11.6 Å². The maximum Gasteiger partial charge on any atom is 0.405 e. The molecule has 1 amide bonds. The molecular formula is C9H13F3N4O. The van der Waals surface area contributed by atoms with Crippen LogP contribution in [0.15, 0.2) is 0 Å². The predicted octanol–water partition coefficient (Wildman–Crippen LogP) is 1.24. The number of alkyl halides is 3. The Labute approximate surface area is 95.6 Å². The first-order valence-electron chi connectivity index (χ1n) is 5.02. The Bertz CT molecular complexity index is 399. The molecule has 1 rings (SSSR count). The van der Waals surface area contributed by atoms with Crippen molar-refractivity contribution in [3.8, 4) is 0 Å². The summed E-state index contributed by atoms with van der Waals surface area (Å²) in [5.41, 5.74) is 6.06. The summed E-state index contributed by atoms with van der Waals surface area (Å²) in [6.45, 7) is 0.505. The monoisotopic (exact) mass is 250 g/mol. The van der Waals surface area contributed by atoms with Crippen LogP contribution in [0.2, 0.25) is 0 Å². The van der Waals surface area contributed by atoms with Crippen LogP contribution in [0, 0.1) is 0 Å². The lowest BCUT2D eigenvalue weighted by molar-refractivity contribution is -0.123. The van der Waals surface area contributed by atoms with Crippen LogP contribution in [0.1, 0.15) is 29.5 Å². The summed E-state index contributed by atoms with van der Waals surface area (Å²) in [6.07, 6.45) is -3.08. The number of aromatic nitrogens is 2. The fraction of sp³-hybridized carbons (Fsp3) is 0.556. The number of anilines is 1. The number of carbonyl (C=O) groups is 1. The third-order valence-corrected chi connectivity index (χ3v) is 2.05. The molecule has 17 heavy (non-hydrogen) atoms. The van der Waals surface area contributed by atoms with Gasteiger partial charge in [-0.25, -0.2) is 0 Å². The molecule has 0 saturated carbocycles. The number of amides is 1. The summed E-state index contributed by atoms with van der Waals surface area (Å²) < 4.78 is 35.7. The van der Waals surface area contributed by atoms with Gasteiger partial charge in [-0.2, -0.15) is 18.3 Å². The number of nitrogens with zero attached hydrogens (tertiary/aromatic N) is 1. The van der Waals surface area contributed by atoms with Crippen molar-refractivity contribution in [2.75, 3.05) is 12.3 Å². The van der Waals surface area contributed by atoms with Crippen molar-refractivity contribution in [3.05, 3.63) is 11.4 Å². The Morgan fingerprint density at radius 2 is 2.18 bits per heavy atom. The molecular weight excluding hydrogens is 237 g/mol. The van der Waals surface area contributed by atoms with E-state index in [0.717, 1.165) is 6.42 Å². The number of aromatic amines is 1. The van der Waals surface area contributed by atoms with Gasteiger partial charge in [-0.1, -0.05) is 13.3 Å². The highest BCUT2D eigenvalue weighted by Crippen LogP contribution is 2.16. The summed E-state index contributed by atoms with van der Waals surface area (Å²) in [5.74, 6) is -0.932. The fourth-order valence-electron chi connectivity index (χ4n) is 1.26. The molecule has 0 bridgehead atoms. The van der Waals surface area contributed by atoms with Gasteiger partial charge < -0.3 is 11.1 Å². The number of aryl methyl sites for hydroxylation is 1. The highest BCUT2D eigenvalue weighted by Gasteiger charge is 2.29. The van der Waals surface area contributed by atoms with Gasteiger partial charge in [0.05, 0.1) is 11.4 Å². The van der Waals surface area contributed by atoms with Crippen LogP contribution in [0.3, 0.4) is 0 Å². The molecule has 0 fully saturated rings. The second kappa shape index (κ2) is 5.07. The third-order valence-electron chi connectivity index (χ3n) is 2.05. The molecule has 0 saturated heterocycles. The second-order valence-corrected chi connectivity index (χ2v) is 3.51. The number of nitrogen functional groups attached to an aromatic ring is 1. The Kier molecular flexibility index (Phi) is 3.97. The average molecular weight is 250 g/mol. The van der Waals surface area contributed by atoms with Crippen molar-refractivity contribution in [3.63, 3.8) is 0 Å². The molecule has 0 aromatic carbocycles. The van der Waals surface area contributed by atoms with Crippen molar-refractivity contribution in [1.82, 2.24) is 15.5 Å². The minimum absolute atomic E-state index is 0.103. The van der Waals surface area contributed by atoms with Crippen molar-refractivity contribution < 1.29 is 18.0 Å². The lowest BCUT2D eigenvalue weighted by Crippen LogP contribution is -2.34. The van der Waals surface area contributed by atoms with Gasteiger partial charge in [0.1, 0.15) is 6.54 Å². The number of H-pyrrole nitrogens is 1. The molecule has 1 aromatic heterocycles. The zero-order valence-corrected chi connectivity index (χ0v) is 9.19. The van der Waals surface area contributed by atoms with E-state index in [1.165, 1.54) is 0 Å². The smallest absolute Gasteiger partial charge is 0.395 e. The predicted molar refractivity (Wildman–Crippen MR) is 55.4 cm³/mol. The van der Waals surface area contributed by atoms with Gasteiger partial charge in [0.15, 0.2) is 5.69 Å². The van der Waals surface area contributed by atoms with E-state index >= 15 is 0 Å². The zero-order chi connectivity index (χ0) is 13.1. The molecule has 1 aromatic rings. The third kappa shape index (κ3) is 3.65. The number of hydrogen-bond donors (Lipinski definition) is 3. The van der Waals surface area contributed by atoms with E-state index in [0.29, 0.717) is 12.1 Å². The SMILES string of the molecule is CCCc1[nH]nc(C(=O)NCC(F)(F)F)c1N. The maximum absolute atomic E-state index is 11.9. The first kappa shape index (κ1) is 13.3. The van der Waals surface area contributed by atoms with Crippen LogP contribution in [0.5, 0.6) is 0 Å². The molecule has 5 nitrogen and oxygen atoms in total. The number of rotatable bonds is 4. The lowest BCUT2D eigenvalue weighted by Gasteiger charge is -2.07. The highest BCUT2D eigenvalue weighted by atomic mass is 19.4. The van der Waals surface area contributed by atoms with Crippen LogP contribution in [0.25, 0.3) is 0 Å². The summed E-state index contributed by atoms with van der Waals surface area (Å²) >= 11 is 0. The quantitative estimate of drug-likeness (QED) is 0.751. The van der Waals surface area contributed by atoms with E-state index in [4.69, 9.17) is 5.73 Å². The van der Waals surface area contributed by atoms with E-state index in [2.05, 4.69) is 10.2 Å². The molecule has 96 valence electrons. The average Bonchev–Trinajstić information content (AvgIpc) is 2.57. The summed E-state index contributed by atoms with van der Waals surface area (Å²) in [7, 11) is 0. The van der Waals surface area contributed by atoms with Crippen LogP contribution in [-0.4, -0.2) is 28.8 Å². The van der Waals surface area contributed by atoms with Crippen LogP contribution >= 0.6 is 0 Å². The number of halogens is 3. The van der Waals surface area contributed by atoms with Crippen LogP contribution < -0.4 is 11.1 Å². The van der Waals surface area contributed by atoms with E-state index in [1.54, 1.807) is 5.32 Å². The normalized spacial score (nSPS) is 11.5. The number of nitrogens with two attached hydrogens (primary N) is 1. The second-order valence-electron chi connectivity index (χ2n) is 3.51. The Hall–Kier alpha value is -1.73. The first-order valence-corrected chi connectivity index (χ1v) is 5.02. The van der Waals surface area contributed by atoms with E-state index in [-0.39, 0.29) is 11.4 Å². The zero-order valence-electron chi connectivity index (χ0n) is 9.19. The number of hydrogen-bond acceptors (Lipinski definition) is 3. The van der Waals surface area contributed by atoms with Gasteiger partial charge in [-0.05, 0) is 6.42 Å². The molecule has 0 aliphatic carbocycles. The molecule has 0 aliphatic rings. The summed E-state index contributed by atoms with van der Waals surface area (Å²) in [6, 6.07) is 0. The minimum atomic E-state index is -4.45. The van der Waals surface area contributed by atoms with Gasteiger partial charge in [0.25, 0.3) is 5.91 Å². The van der Waals surface area contributed by atoms with Crippen molar-refractivity contribution in [2.45, 2.75) is 25.9 Å². The number of nitrogens with one attached hydrogen (secondary N) is 2. The standard InChI is InChI=1S/C9H13F3N4O/c1-2-3-5-6(13)7(16-15-5)8(17)14-4-9(10,11)12/h2-4,13H2,1H3,(H,14,17)(H,15,16). The molecule has 1 heterocycles. The molecule has 8 heteroatoms. The first-order chi connectivity index (χ1) is 7.85. The number of carbonyl (C=O) groups excluding carboxylic acids is 1. The lowest BCUT2D eigenvalue weighted by atomic mass is 10.2. The Morgan fingerprint density at radius 3 is 2.71 bits per heavy atom. The van der Waals surface area contributed by atoms with Gasteiger partial charge >= 0.3 is 6.18 Å². The van der Waals surface area contributed by atoms with Gasteiger partial charge in [0.2, 0.25) is 0 Å². The minimum Gasteiger partial charge on any atom is -0.395 e. The maximum atomic E-state index is 11.9. The molecule has 0 atom stereocenters. The highest BCUT2D eigenvalue weighted by molar-refractivity contribution is 5.97. The van der Waals surface area contributed by atoms with Crippen LogP contribution in [0.4, 0.5) is 18.9 Å². The Morgan fingerprint density at radius 1 is 1.53 bits per heavy atom. The largest absolute Gasteiger partial charge is 0.405 e. The molecule has 0 aliphatic heterocycles. The van der Waals surface area contributed by atoms with Crippen molar-refractivity contribution in [1.29, 1.82) is 0 Å². The summed E-state index contributed by atoms with van der Waals surface area (Å²) in [5, 5.41) is 7.85. The summed E-state index contributed by atoms with van der Waals surface area (Å²) in [4.78, 5) is 11.4. The van der Waals surface area contributed by atoms with Gasteiger partial charge in [0, 0.05) is 0 Å². The van der Waals surface area contributed by atoms with E-state index < -0.39 is 18.6 Å². The van der Waals surface area contributed by atoms with E-state index in [1.807, 2.05) is 6.92 Å². The Balaban J connectivity index is 2.70. The molecule has 0 spiro atoms. The molecule has 0 unspecified atom stereocenters. The van der Waals surface area contributed by atoms with Gasteiger partial charge in [-0.3, -0.25) is 9.89 Å². The molecule has 0 radical (unpaired) electrons. The van der Waals surface area contributed by atoms with Gasteiger partial charge in [-0.15, -0.1) is 0 Å². The van der Waals surface area contributed by atoms with Crippen molar-refractivity contribution in [2.24, 2.45) is 0 Å². The van der Waals surface area contributed by atoms with E-state index in [9.17, 15) is 18.0 Å². The van der Waals surface area contributed by atoms with Crippen LogP contribution in [-0.2, 0) is 6.42 Å². The topological polar surface area (TPSA) is 83.8 Å².